The molecule has 0 aromatic carbocycles. The lowest BCUT2D eigenvalue weighted by Gasteiger charge is -2.27. The molecule has 2 rings (SSSR count). The molecule has 0 atom stereocenters. The van der Waals surface area contributed by atoms with Crippen molar-refractivity contribution < 1.29 is 38.1 Å². The molecule has 0 bridgehead atoms. The van der Waals surface area contributed by atoms with Crippen molar-refractivity contribution in [1.29, 1.82) is 0 Å². The number of allylic oxidation sites excluding steroid dienone is 8. The van der Waals surface area contributed by atoms with E-state index in [9.17, 15) is 19.2 Å². The minimum atomic E-state index is -1.53. The molecule has 40 heavy (non-hydrogen) atoms. The Kier molecular flexibility index (Phi) is 10.9. The third-order valence-corrected chi connectivity index (χ3v) is 6.71. The molecule has 220 valence electrons. The molecule has 0 fully saturated rings. The van der Waals surface area contributed by atoms with Gasteiger partial charge in [-0.25, -0.2) is 0 Å². The third-order valence-electron chi connectivity index (χ3n) is 6.71. The van der Waals surface area contributed by atoms with Gasteiger partial charge < -0.3 is 18.9 Å². The first-order chi connectivity index (χ1) is 18.6. The van der Waals surface area contributed by atoms with E-state index < -0.39 is 59.1 Å². The maximum atomic E-state index is 13.2. The van der Waals surface area contributed by atoms with Crippen molar-refractivity contribution in [2.45, 2.75) is 105 Å². The molecule has 8 heteroatoms. The quantitative estimate of drug-likeness (QED) is 0.167. The summed E-state index contributed by atoms with van der Waals surface area (Å²) in [4.78, 5) is 53.0. The minimum absolute atomic E-state index is 0.0641. The molecule has 0 aromatic rings. The first-order valence-electron chi connectivity index (χ1n) is 13.8. The fraction of sp³-hybridized carbons (Fsp3) is 0.562. The van der Waals surface area contributed by atoms with E-state index in [1.807, 2.05) is 0 Å². The van der Waals surface area contributed by atoms with Crippen molar-refractivity contribution in [3.63, 3.8) is 0 Å². The first kappa shape index (κ1) is 32.8. The van der Waals surface area contributed by atoms with Crippen LogP contribution in [0.5, 0.6) is 0 Å². The van der Waals surface area contributed by atoms with E-state index in [0.717, 1.165) is 0 Å². The summed E-state index contributed by atoms with van der Waals surface area (Å²) in [7, 11) is 0. The normalized spacial score (nSPS) is 18.2. The Bertz CT molecular complexity index is 998. The molecule has 0 aromatic heterocycles. The summed E-state index contributed by atoms with van der Waals surface area (Å²) in [6.45, 7) is 21.6. The van der Waals surface area contributed by atoms with E-state index >= 15 is 0 Å². The van der Waals surface area contributed by atoms with Crippen LogP contribution in [-0.4, -0.2) is 48.3 Å². The highest BCUT2D eigenvalue weighted by atomic mass is 16.6. The Morgan fingerprint density at radius 3 is 0.950 bits per heavy atom. The van der Waals surface area contributed by atoms with Gasteiger partial charge >= 0.3 is 23.9 Å². The summed E-state index contributed by atoms with van der Waals surface area (Å²) in [6.07, 6.45) is 5.49. The molecular formula is C32H44O8. The molecule has 0 saturated carbocycles. The van der Waals surface area contributed by atoms with Crippen LogP contribution in [0.25, 0.3) is 0 Å². The van der Waals surface area contributed by atoms with Gasteiger partial charge in [-0.2, -0.15) is 0 Å². The number of esters is 4. The summed E-state index contributed by atoms with van der Waals surface area (Å²) < 4.78 is 21.9. The van der Waals surface area contributed by atoms with Gasteiger partial charge in [0.25, 0.3) is 0 Å². The Balaban J connectivity index is 2.47. The Morgan fingerprint density at radius 2 is 0.750 bits per heavy atom. The highest BCUT2D eigenvalue weighted by molar-refractivity contribution is 6.03. The van der Waals surface area contributed by atoms with Crippen LogP contribution in [0.1, 0.15) is 81.1 Å². The predicted molar refractivity (Wildman–Crippen MR) is 152 cm³/mol. The summed E-state index contributed by atoms with van der Waals surface area (Å²) in [5, 5.41) is 0. The smallest absolute Gasteiger partial charge is 0.324 e. The van der Waals surface area contributed by atoms with Crippen molar-refractivity contribution >= 4 is 23.9 Å². The molecule has 8 nitrogen and oxygen atoms in total. The summed E-state index contributed by atoms with van der Waals surface area (Å²) in [6, 6.07) is 0. The molecule has 0 aliphatic heterocycles. The second kappa shape index (κ2) is 13.3. The Hall–Kier alpha value is -3.42. The average molecular weight is 557 g/mol. The first-order valence-corrected chi connectivity index (χ1v) is 13.8. The fourth-order valence-corrected chi connectivity index (χ4v) is 4.87. The maximum Gasteiger partial charge on any atom is 0.324 e. The van der Waals surface area contributed by atoms with Crippen molar-refractivity contribution in [2.24, 2.45) is 10.8 Å². The van der Waals surface area contributed by atoms with Crippen LogP contribution < -0.4 is 0 Å². The monoisotopic (exact) mass is 556 g/mol. The zero-order valence-corrected chi connectivity index (χ0v) is 25.1. The number of ether oxygens (including phenoxy) is 4. The molecular weight excluding hydrogens is 512 g/mol. The van der Waals surface area contributed by atoms with Gasteiger partial charge in [0.15, 0.2) is 10.8 Å². The molecule has 0 N–H and O–H groups in total. The van der Waals surface area contributed by atoms with Gasteiger partial charge in [-0.3, -0.25) is 19.2 Å². The zero-order valence-electron chi connectivity index (χ0n) is 25.1. The molecule has 0 saturated heterocycles. The third kappa shape index (κ3) is 7.20. The van der Waals surface area contributed by atoms with Gasteiger partial charge in [-0.1, -0.05) is 37.5 Å². The van der Waals surface area contributed by atoms with Crippen LogP contribution in [-0.2, 0) is 38.1 Å². The maximum absolute atomic E-state index is 13.2. The van der Waals surface area contributed by atoms with Gasteiger partial charge in [-0.05, 0) is 103 Å². The molecule has 0 heterocycles. The van der Waals surface area contributed by atoms with E-state index in [4.69, 9.17) is 18.9 Å². The van der Waals surface area contributed by atoms with E-state index in [1.165, 1.54) is 0 Å². The van der Waals surface area contributed by atoms with Crippen LogP contribution in [0, 0.1) is 10.8 Å². The van der Waals surface area contributed by atoms with Gasteiger partial charge in [0.1, 0.15) is 0 Å². The lowest BCUT2D eigenvalue weighted by molar-refractivity contribution is -0.178. The van der Waals surface area contributed by atoms with E-state index in [2.05, 4.69) is 13.2 Å². The topological polar surface area (TPSA) is 105 Å². The molecule has 0 radical (unpaired) electrons. The van der Waals surface area contributed by atoms with E-state index in [0.29, 0.717) is 22.3 Å². The molecule has 0 spiro atoms. The van der Waals surface area contributed by atoms with Crippen LogP contribution in [0.2, 0.25) is 0 Å². The SMILES string of the molecule is C=CC1=C(/C=C/C2=C(C=C)CC(C(=O)OC(C)C)(C(=O)OC(C)C)C2)CC(C(=O)OC(C)C)(C(=O)OC(C)C)C1. The zero-order chi connectivity index (χ0) is 30.4. The Morgan fingerprint density at radius 1 is 0.525 bits per heavy atom. The average Bonchev–Trinajstić information content (AvgIpc) is 3.41. The number of hydrogen-bond acceptors (Lipinski definition) is 8. The number of rotatable bonds is 12. The lowest BCUT2D eigenvalue weighted by atomic mass is 9.83. The number of carbonyl (C=O) groups excluding carboxylic acids is 4. The van der Waals surface area contributed by atoms with Crippen LogP contribution >= 0.6 is 0 Å². The molecule has 0 unspecified atom stereocenters. The number of carbonyl (C=O) groups is 4. The second-order valence-corrected chi connectivity index (χ2v) is 11.5. The summed E-state index contributed by atoms with van der Waals surface area (Å²) in [5.41, 5.74) is -0.231. The van der Waals surface area contributed by atoms with Gasteiger partial charge in [-0.15, -0.1) is 0 Å². The van der Waals surface area contributed by atoms with Crippen molar-refractivity contribution in [2.75, 3.05) is 0 Å². The molecule has 0 amide bonds. The van der Waals surface area contributed by atoms with Crippen LogP contribution in [0.3, 0.4) is 0 Å². The standard InChI is InChI=1S/C32H44O8/c1-11-23-15-31(27(33)37-19(3)4,28(34)38-20(5)6)17-25(23)13-14-26-18-32(16-24(26)12-2,29(35)39-21(7)8)30(36)40-22(9)10/h11-14,19-22H,1-2,15-18H2,3-10H3/b14-13+. The van der Waals surface area contributed by atoms with Crippen molar-refractivity contribution in [3.8, 4) is 0 Å². The Labute approximate surface area is 238 Å². The lowest BCUT2D eigenvalue weighted by Crippen LogP contribution is -2.42. The van der Waals surface area contributed by atoms with Crippen LogP contribution in [0.4, 0.5) is 0 Å². The van der Waals surface area contributed by atoms with Gasteiger partial charge in [0.05, 0.1) is 24.4 Å². The largest absolute Gasteiger partial charge is 0.462 e. The van der Waals surface area contributed by atoms with Gasteiger partial charge in [0, 0.05) is 0 Å². The van der Waals surface area contributed by atoms with Gasteiger partial charge in [0.2, 0.25) is 0 Å². The summed E-state index contributed by atoms with van der Waals surface area (Å²) >= 11 is 0. The van der Waals surface area contributed by atoms with E-state index in [-0.39, 0.29) is 25.7 Å². The second-order valence-electron chi connectivity index (χ2n) is 11.5. The van der Waals surface area contributed by atoms with Crippen molar-refractivity contribution in [1.82, 2.24) is 0 Å². The highest BCUT2D eigenvalue weighted by Crippen LogP contribution is 2.48. The molecule has 2 aliphatic rings. The highest BCUT2D eigenvalue weighted by Gasteiger charge is 2.55. The summed E-state index contributed by atoms with van der Waals surface area (Å²) in [5.74, 6) is -2.58. The predicted octanol–water partition coefficient (Wildman–Crippen LogP) is 5.87. The van der Waals surface area contributed by atoms with Crippen LogP contribution in [0.15, 0.2) is 59.8 Å². The fourth-order valence-electron chi connectivity index (χ4n) is 4.87. The number of hydrogen-bond donors (Lipinski definition) is 0. The minimum Gasteiger partial charge on any atom is -0.462 e. The van der Waals surface area contributed by atoms with E-state index in [1.54, 1.807) is 79.7 Å². The molecule has 2 aliphatic carbocycles. The van der Waals surface area contributed by atoms with Crippen molar-refractivity contribution in [3.05, 3.63) is 59.8 Å².